The molecule has 2 aromatic heterocycles. The van der Waals surface area contributed by atoms with Crippen LogP contribution in [0.2, 0.25) is 0 Å². The number of carbonyl (C=O) groups excluding carboxylic acids is 1. The zero-order valence-corrected chi connectivity index (χ0v) is 14.2. The molecule has 128 valence electrons. The SMILES string of the molecule is CCc1ccc(CN(C)C(=O)c2cc(-c3ccccc3O)n[nH]2)nc1. The Labute approximate surface area is 146 Å². The second-order valence-electron chi connectivity index (χ2n) is 5.86. The summed E-state index contributed by atoms with van der Waals surface area (Å²) in [5.41, 5.74) is 3.47. The minimum absolute atomic E-state index is 0.126. The van der Waals surface area contributed by atoms with E-state index in [1.54, 1.807) is 36.2 Å². The lowest BCUT2D eigenvalue weighted by atomic mass is 10.1. The van der Waals surface area contributed by atoms with Crippen LogP contribution in [0.1, 0.15) is 28.7 Å². The summed E-state index contributed by atoms with van der Waals surface area (Å²) in [6, 6.07) is 12.5. The van der Waals surface area contributed by atoms with Crippen molar-refractivity contribution in [1.29, 1.82) is 0 Å². The van der Waals surface area contributed by atoms with E-state index >= 15 is 0 Å². The number of aromatic hydroxyl groups is 1. The van der Waals surface area contributed by atoms with Gasteiger partial charge in [0.15, 0.2) is 0 Å². The molecule has 0 fully saturated rings. The van der Waals surface area contributed by atoms with E-state index in [4.69, 9.17) is 0 Å². The van der Waals surface area contributed by atoms with Gasteiger partial charge in [-0.25, -0.2) is 0 Å². The lowest BCUT2D eigenvalue weighted by Crippen LogP contribution is -2.26. The highest BCUT2D eigenvalue weighted by atomic mass is 16.3. The van der Waals surface area contributed by atoms with Gasteiger partial charge in [0.1, 0.15) is 11.4 Å². The highest BCUT2D eigenvalue weighted by Gasteiger charge is 2.17. The first-order valence-corrected chi connectivity index (χ1v) is 8.11. The number of aryl methyl sites for hydroxylation is 1. The molecule has 0 atom stereocenters. The third-order valence-corrected chi connectivity index (χ3v) is 4.03. The number of nitrogens with one attached hydrogen (secondary N) is 1. The fraction of sp³-hybridized carbons (Fsp3) is 0.211. The number of para-hydroxylation sites is 1. The Morgan fingerprint density at radius 2 is 2.04 bits per heavy atom. The molecule has 0 radical (unpaired) electrons. The molecule has 2 N–H and O–H groups in total. The van der Waals surface area contributed by atoms with Crippen molar-refractivity contribution in [3.8, 4) is 17.0 Å². The van der Waals surface area contributed by atoms with E-state index in [0.29, 0.717) is 23.5 Å². The van der Waals surface area contributed by atoms with E-state index in [9.17, 15) is 9.90 Å². The summed E-state index contributed by atoms with van der Waals surface area (Å²) in [5, 5.41) is 16.8. The predicted octanol–water partition coefficient (Wildman–Crippen LogP) is 3.01. The predicted molar refractivity (Wildman–Crippen MR) is 95.1 cm³/mol. The number of carbonyl (C=O) groups is 1. The summed E-state index contributed by atoms with van der Waals surface area (Å²) < 4.78 is 0. The first-order valence-electron chi connectivity index (χ1n) is 8.11. The standard InChI is InChI=1S/C19H20N4O2/c1-3-13-8-9-14(20-11-13)12-23(2)19(25)17-10-16(21-22-17)15-6-4-5-7-18(15)24/h4-11,24H,3,12H2,1-2H3,(H,21,22). The molecule has 6 heteroatoms. The average Bonchev–Trinajstić information content (AvgIpc) is 3.12. The van der Waals surface area contributed by atoms with Crippen LogP contribution in [0.5, 0.6) is 5.75 Å². The Kier molecular flexibility index (Phi) is 4.79. The molecule has 0 aliphatic carbocycles. The summed E-state index contributed by atoms with van der Waals surface area (Å²) in [5.74, 6) is -0.0582. The third-order valence-electron chi connectivity index (χ3n) is 4.03. The van der Waals surface area contributed by atoms with E-state index in [1.165, 1.54) is 5.56 Å². The minimum atomic E-state index is -0.185. The van der Waals surface area contributed by atoms with Crippen LogP contribution >= 0.6 is 0 Å². The number of amides is 1. The molecule has 0 bridgehead atoms. The molecule has 0 saturated heterocycles. The Morgan fingerprint density at radius 3 is 2.72 bits per heavy atom. The molecule has 0 spiro atoms. The molecule has 1 amide bonds. The van der Waals surface area contributed by atoms with Crippen LogP contribution in [0.4, 0.5) is 0 Å². The van der Waals surface area contributed by atoms with Gasteiger partial charge in [0, 0.05) is 18.8 Å². The number of hydrogen-bond donors (Lipinski definition) is 2. The number of H-pyrrole nitrogens is 1. The number of aromatic nitrogens is 3. The Hall–Kier alpha value is -3.15. The second kappa shape index (κ2) is 7.17. The zero-order chi connectivity index (χ0) is 17.8. The number of phenols is 1. The van der Waals surface area contributed by atoms with Gasteiger partial charge < -0.3 is 10.0 Å². The third kappa shape index (κ3) is 3.68. The molecule has 6 nitrogen and oxygen atoms in total. The monoisotopic (exact) mass is 336 g/mol. The molecule has 25 heavy (non-hydrogen) atoms. The highest BCUT2D eigenvalue weighted by molar-refractivity contribution is 5.93. The van der Waals surface area contributed by atoms with Crippen LogP contribution in [-0.4, -0.2) is 38.1 Å². The van der Waals surface area contributed by atoms with Gasteiger partial charge in [-0.05, 0) is 36.2 Å². The topological polar surface area (TPSA) is 82.1 Å². The number of aromatic amines is 1. The maximum absolute atomic E-state index is 12.6. The van der Waals surface area contributed by atoms with E-state index in [-0.39, 0.29) is 11.7 Å². The quantitative estimate of drug-likeness (QED) is 0.750. The highest BCUT2D eigenvalue weighted by Crippen LogP contribution is 2.27. The summed E-state index contributed by atoms with van der Waals surface area (Å²) >= 11 is 0. The lowest BCUT2D eigenvalue weighted by Gasteiger charge is -2.15. The maximum atomic E-state index is 12.6. The van der Waals surface area contributed by atoms with Gasteiger partial charge in [0.05, 0.1) is 17.9 Å². The Balaban J connectivity index is 1.73. The smallest absolute Gasteiger partial charge is 0.271 e. The van der Waals surface area contributed by atoms with Crippen LogP contribution in [0, 0.1) is 0 Å². The van der Waals surface area contributed by atoms with Crippen molar-refractivity contribution in [3.05, 3.63) is 65.6 Å². The summed E-state index contributed by atoms with van der Waals surface area (Å²) in [6.07, 6.45) is 2.77. The van der Waals surface area contributed by atoms with Gasteiger partial charge in [-0.1, -0.05) is 25.1 Å². The number of phenolic OH excluding ortho intramolecular Hbond substituents is 1. The first-order chi connectivity index (χ1) is 12.1. The number of hydrogen-bond acceptors (Lipinski definition) is 4. The average molecular weight is 336 g/mol. The van der Waals surface area contributed by atoms with Crippen molar-refractivity contribution in [1.82, 2.24) is 20.1 Å². The second-order valence-corrected chi connectivity index (χ2v) is 5.86. The van der Waals surface area contributed by atoms with Gasteiger partial charge in [0.2, 0.25) is 0 Å². The summed E-state index contributed by atoms with van der Waals surface area (Å²) in [4.78, 5) is 18.5. The zero-order valence-electron chi connectivity index (χ0n) is 14.2. The van der Waals surface area contributed by atoms with Crippen molar-refractivity contribution >= 4 is 5.91 Å². The molecule has 1 aromatic carbocycles. The molecule has 0 aliphatic heterocycles. The van der Waals surface area contributed by atoms with E-state index in [0.717, 1.165) is 12.1 Å². The van der Waals surface area contributed by atoms with Crippen LogP contribution in [0.15, 0.2) is 48.7 Å². The largest absolute Gasteiger partial charge is 0.507 e. The number of benzene rings is 1. The van der Waals surface area contributed by atoms with Gasteiger partial charge in [0.25, 0.3) is 5.91 Å². The van der Waals surface area contributed by atoms with Crippen LogP contribution < -0.4 is 0 Å². The van der Waals surface area contributed by atoms with Crippen LogP contribution in [0.3, 0.4) is 0 Å². The Bertz CT molecular complexity index is 871. The molecular weight excluding hydrogens is 316 g/mol. The van der Waals surface area contributed by atoms with E-state index in [2.05, 4.69) is 22.1 Å². The van der Waals surface area contributed by atoms with Crippen molar-refractivity contribution in [3.63, 3.8) is 0 Å². The minimum Gasteiger partial charge on any atom is -0.507 e. The fourth-order valence-corrected chi connectivity index (χ4v) is 2.54. The van der Waals surface area contributed by atoms with Gasteiger partial charge in [-0.15, -0.1) is 0 Å². The molecule has 2 heterocycles. The molecule has 3 rings (SSSR count). The summed E-state index contributed by atoms with van der Waals surface area (Å²) in [7, 11) is 1.72. The number of nitrogens with zero attached hydrogens (tertiary/aromatic N) is 3. The lowest BCUT2D eigenvalue weighted by molar-refractivity contribution is 0.0777. The van der Waals surface area contributed by atoms with Crippen LogP contribution in [-0.2, 0) is 13.0 Å². The van der Waals surface area contributed by atoms with Crippen molar-refractivity contribution in [2.24, 2.45) is 0 Å². The van der Waals surface area contributed by atoms with Gasteiger partial charge in [-0.2, -0.15) is 5.10 Å². The Morgan fingerprint density at radius 1 is 1.24 bits per heavy atom. The molecule has 0 unspecified atom stereocenters. The number of pyridine rings is 1. The van der Waals surface area contributed by atoms with E-state index in [1.807, 2.05) is 24.4 Å². The van der Waals surface area contributed by atoms with Crippen LogP contribution in [0.25, 0.3) is 11.3 Å². The molecule has 0 aliphatic rings. The van der Waals surface area contributed by atoms with E-state index < -0.39 is 0 Å². The first kappa shape index (κ1) is 16.7. The fourth-order valence-electron chi connectivity index (χ4n) is 2.54. The van der Waals surface area contributed by atoms with Gasteiger partial charge >= 0.3 is 0 Å². The molecular formula is C19H20N4O2. The number of rotatable bonds is 5. The van der Waals surface area contributed by atoms with Crippen molar-refractivity contribution in [2.75, 3.05) is 7.05 Å². The summed E-state index contributed by atoms with van der Waals surface area (Å²) in [6.45, 7) is 2.49. The molecule has 3 aromatic rings. The van der Waals surface area contributed by atoms with Gasteiger partial charge in [-0.3, -0.25) is 14.9 Å². The van der Waals surface area contributed by atoms with Crippen molar-refractivity contribution < 1.29 is 9.90 Å². The normalized spacial score (nSPS) is 10.6. The molecule has 0 saturated carbocycles. The van der Waals surface area contributed by atoms with Crippen molar-refractivity contribution in [2.45, 2.75) is 19.9 Å². The maximum Gasteiger partial charge on any atom is 0.271 e.